The molecular formula is C14H12FNO2. The molecule has 1 aromatic carbocycles. The Balaban J connectivity index is 1.92. The molecule has 0 bridgehead atoms. The second kappa shape index (κ2) is 5.91. The van der Waals surface area contributed by atoms with Crippen LogP contribution in [-0.4, -0.2) is 17.9 Å². The van der Waals surface area contributed by atoms with Crippen molar-refractivity contribution in [2.75, 3.05) is 6.61 Å². The standard InChI is InChI=1S/C14H12FNO2/c15-13-9-12(10-17)1-2-14(13)18-8-5-11-3-6-16-7-4-11/h1-4,6-7,9-10H,5,8H2. The van der Waals surface area contributed by atoms with Gasteiger partial charge in [-0.2, -0.15) is 0 Å². The van der Waals surface area contributed by atoms with E-state index in [1.807, 2.05) is 12.1 Å². The van der Waals surface area contributed by atoms with Crippen molar-refractivity contribution < 1.29 is 13.9 Å². The summed E-state index contributed by atoms with van der Waals surface area (Å²) in [6, 6.07) is 7.92. The maximum absolute atomic E-state index is 13.5. The number of ether oxygens (including phenoxy) is 1. The molecule has 2 aromatic rings. The first-order chi connectivity index (χ1) is 8.79. The largest absolute Gasteiger partial charge is 0.490 e. The third-order valence-electron chi connectivity index (χ3n) is 2.49. The van der Waals surface area contributed by atoms with Crippen molar-refractivity contribution in [1.82, 2.24) is 4.98 Å². The summed E-state index contributed by atoms with van der Waals surface area (Å²) in [6.07, 6.45) is 4.69. The first-order valence-electron chi connectivity index (χ1n) is 5.56. The zero-order valence-electron chi connectivity index (χ0n) is 9.67. The lowest BCUT2D eigenvalue weighted by atomic mass is 10.2. The Morgan fingerprint density at radius 1 is 1.22 bits per heavy atom. The lowest BCUT2D eigenvalue weighted by Crippen LogP contribution is -2.03. The van der Waals surface area contributed by atoms with E-state index in [1.54, 1.807) is 12.4 Å². The summed E-state index contributed by atoms with van der Waals surface area (Å²) in [6.45, 7) is 0.376. The maximum Gasteiger partial charge on any atom is 0.165 e. The molecule has 1 aromatic heterocycles. The van der Waals surface area contributed by atoms with E-state index in [1.165, 1.54) is 12.1 Å². The third-order valence-corrected chi connectivity index (χ3v) is 2.49. The van der Waals surface area contributed by atoms with Gasteiger partial charge in [0, 0.05) is 24.4 Å². The van der Waals surface area contributed by atoms with E-state index in [0.717, 1.165) is 11.6 Å². The molecule has 0 unspecified atom stereocenters. The van der Waals surface area contributed by atoms with E-state index < -0.39 is 5.82 Å². The number of halogens is 1. The summed E-state index contributed by atoms with van der Waals surface area (Å²) in [5.41, 5.74) is 1.38. The fourth-order valence-corrected chi connectivity index (χ4v) is 1.54. The van der Waals surface area contributed by atoms with Gasteiger partial charge in [-0.3, -0.25) is 9.78 Å². The van der Waals surface area contributed by atoms with Gasteiger partial charge >= 0.3 is 0 Å². The lowest BCUT2D eigenvalue weighted by Gasteiger charge is -2.07. The molecule has 0 atom stereocenters. The topological polar surface area (TPSA) is 39.2 Å². The van der Waals surface area contributed by atoms with Crippen molar-refractivity contribution in [2.24, 2.45) is 0 Å². The Labute approximate surface area is 104 Å². The van der Waals surface area contributed by atoms with Crippen molar-refractivity contribution in [3.63, 3.8) is 0 Å². The number of carbonyl (C=O) groups excluding carboxylic acids is 1. The predicted octanol–water partition coefficient (Wildman–Crippen LogP) is 2.65. The summed E-state index contributed by atoms with van der Waals surface area (Å²) >= 11 is 0. The van der Waals surface area contributed by atoms with Crippen LogP contribution in [-0.2, 0) is 6.42 Å². The van der Waals surface area contributed by atoms with Crippen molar-refractivity contribution >= 4 is 6.29 Å². The number of rotatable bonds is 5. The third kappa shape index (κ3) is 3.13. The molecule has 4 heteroatoms. The van der Waals surface area contributed by atoms with Crippen molar-refractivity contribution in [3.8, 4) is 5.75 Å². The number of aldehydes is 1. The minimum Gasteiger partial charge on any atom is -0.490 e. The highest BCUT2D eigenvalue weighted by atomic mass is 19.1. The molecule has 3 nitrogen and oxygen atoms in total. The molecule has 0 aliphatic rings. The van der Waals surface area contributed by atoms with Crippen LogP contribution in [0.15, 0.2) is 42.7 Å². The van der Waals surface area contributed by atoms with Gasteiger partial charge in [-0.05, 0) is 35.9 Å². The highest BCUT2D eigenvalue weighted by molar-refractivity contribution is 5.74. The first-order valence-corrected chi connectivity index (χ1v) is 5.56. The molecule has 0 saturated heterocycles. The maximum atomic E-state index is 13.5. The summed E-state index contributed by atoms with van der Waals surface area (Å²) in [4.78, 5) is 14.4. The number of aromatic nitrogens is 1. The molecule has 0 amide bonds. The zero-order chi connectivity index (χ0) is 12.8. The van der Waals surface area contributed by atoms with Crippen LogP contribution < -0.4 is 4.74 Å². The van der Waals surface area contributed by atoms with Gasteiger partial charge in [-0.15, -0.1) is 0 Å². The van der Waals surface area contributed by atoms with Crippen molar-refractivity contribution in [2.45, 2.75) is 6.42 Å². The molecule has 18 heavy (non-hydrogen) atoms. The fourth-order valence-electron chi connectivity index (χ4n) is 1.54. The zero-order valence-corrected chi connectivity index (χ0v) is 9.67. The van der Waals surface area contributed by atoms with Gasteiger partial charge in [0.05, 0.1) is 6.61 Å². The van der Waals surface area contributed by atoms with E-state index in [-0.39, 0.29) is 5.75 Å². The first kappa shape index (κ1) is 12.2. The molecule has 92 valence electrons. The number of hydrogen-bond acceptors (Lipinski definition) is 3. The van der Waals surface area contributed by atoms with Gasteiger partial charge in [-0.1, -0.05) is 0 Å². The SMILES string of the molecule is O=Cc1ccc(OCCc2ccncc2)c(F)c1. The Kier molecular flexibility index (Phi) is 4.02. The molecule has 0 radical (unpaired) electrons. The summed E-state index contributed by atoms with van der Waals surface area (Å²) in [5, 5.41) is 0. The minimum absolute atomic E-state index is 0.162. The second-order valence-corrected chi connectivity index (χ2v) is 3.76. The highest BCUT2D eigenvalue weighted by Crippen LogP contribution is 2.17. The Bertz CT molecular complexity index is 529. The Morgan fingerprint density at radius 2 is 2.00 bits per heavy atom. The van der Waals surface area contributed by atoms with Crippen molar-refractivity contribution in [3.05, 3.63) is 59.7 Å². The van der Waals surface area contributed by atoms with Crippen LogP contribution in [0, 0.1) is 5.82 Å². The number of pyridine rings is 1. The van der Waals surface area contributed by atoms with E-state index in [2.05, 4.69) is 4.98 Å². The smallest absolute Gasteiger partial charge is 0.165 e. The molecule has 0 aliphatic carbocycles. The van der Waals surface area contributed by atoms with Crippen LogP contribution in [0.5, 0.6) is 5.75 Å². The average molecular weight is 245 g/mol. The van der Waals surface area contributed by atoms with E-state index in [9.17, 15) is 9.18 Å². The van der Waals surface area contributed by atoms with Gasteiger partial charge in [0.25, 0.3) is 0 Å². The molecule has 0 N–H and O–H groups in total. The quantitative estimate of drug-likeness (QED) is 0.760. The normalized spacial score (nSPS) is 10.1. The molecular weight excluding hydrogens is 233 g/mol. The van der Waals surface area contributed by atoms with Crippen LogP contribution in [0.1, 0.15) is 15.9 Å². The Hall–Kier alpha value is -2.23. The van der Waals surface area contributed by atoms with Gasteiger partial charge in [-0.25, -0.2) is 4.39 Å². The lowest BCUT2D eigenvalue weighted by molar-refractivity contribution is 0.112. The van der Waals surface area contributed by atoms with E-state index in [0.29, 0.717) is 24.9 Å². The summed E-state index contributed by atoms with van der Waals surface area (Å²) in [7, 11) is 0. The highest BCUT2D eigenvalue weighted by Gasteiger charge is 2.04. The molecule has 0 saturated carbocycles. The fraction of sp³-hybridized carbons (Fsp3) is 0.143. The van der Waals surface area contributed by atoms with Gasteiger partial charge in [0.15, 0.2) is 11.6 Å². The predicted molar refractivity (Wildman–Crippen MR) is 65.2 cm³/mol. The van der Waals surface area contributed by atoms with E-state index >= 15 is 0 Å². The Morgan fingerprint density at radius 3 is 2.67 bits per heavy atom. The molecule has 1 heterocycles. The van der Waals surface area contributed by atoms with Crippen LogP contribution in [0.4, 0.5) is 4.39 Å². The summed E-state index contributed by atoms with van der Waals surface area (Å²) < 4.78 is 18.8. The van der Waals surface area contributed by atoms with Crippen LogP contribution >= 0.6 is 0 Å². The van der Waals surface area contributed by atoms with E-state index in [4.69, 9.17) is 4.74 Å². The molecule has 0 aliphatic heterocycles. The monoisotopic (exact) mass is 245 g/mol. The van der Waals surface area contributed by atoms with Gasteiger partial charge in [0.1, 0.15) is 6.29 Å². The van der Waals surface area contributed by atoms with Gasteiger partial charge in [0.2, 0.25) is 0 Å². The number of benzene rings is 1. The van der Waals surface area contributed by atoms with Crippen molar-refractivity contribution in [1.29, 1.82) is 0 Å². The number of carbonyl (C=O) groups is 1. The van der Waals surface area contributed by atoms with Crippen LogP contribution in [0.3, 0.4) is 0 Å². The molecule has 0 fully saturated rings. The van der Waals surface area contributed by atoms with Gasteiger partial charge < -0.3 is 4.74 Å². The number of hydrogen-bond donors (Lipinski definition) is 0. The van der Waals surface area contributed by atoms with Crippen LogP contribution in [0.25, 0.3) is 0 Å². The van der Waals surface area contributed by atoms with Crippen LogP contribution in [0.2, 0.25) is 0 Å². The summed E-state index contributed by atoms with van der Waals surface area (Å²) in [5.74, 6) is -0.357. The molecule has 0 spiro atoms. The minimum atomic E-state index is -0.519. The number of nitrogens with zero attached hydrogens (tertiary/aromatic N) is 1. The second-order valence-electron chi connectivity index (χ2n) is 3.76. The average Bonchev–Trinajstić information content (AvgIpc) is 2.42. The molecule has 2 rings (SSSR count).